The predicted octanol–water partition coefficient (Wildman–Crippen LogP) is 2.21. The van der Waals surface area contributed by atoms with Gasteiger partial charge in [-0.05, 0) is 24.2 Å². The number of hydrazine groups is 2. The molecule has 0 unspecified atom stereocenters. The summed E-state index contributed by atoms with van der Waals surface area (Å²) in [6.07, 6.45) is 6.65. The summed E-state index contributed by atoms with van der Waals surface area (Å²) >= 11 is 0. The van der Waals surface area contributed by atoms with E-state index in [4.69, 9.17) is 0 Å². The Morgan fingerprint density at radius 2 is 1.53 bits per heavy atom. The first-order valence-electron chi connectivity index (χ1n) is 6.49. The summed E-state index contributed by atoms with van der Waals surface area (Å²) in [5, 5.41) is 0. The zero-order chi connectivity index (χ0) is 11.1. The third kappa shape index (κ3) is 3.16. The van der Waals surface area contributed by atoms with Gasteiger partial charge in [-0.1, -0.05) is 40.0 Å². The van der Waals surface area contributed by atoms with E-state index in [0.29, 0.717) is 5.41 Å². The van der Waals surface area contributed by atoms with Gasteiger partial charge in [-0.15, -0.1) is 0 Å². The van der Waals surface area contributed by atoms with Crippen LogP contribution in [0.4, 0.5) is 0 Å². The molecule has 0 bridgehead atoms. The Labute approximate surface area is 94.3 Å². The molecule has 0 aromatic heterocycles. The molecular weight excluding hydrogens is 186 g/mol. The number of nitrogens with one attached hydrogen (secondary N) is 3. The lowest BCUT2D eigenvalue weighted by atomic mass is 9.67. The van der Waals surface area contributed by atoms with E-state index in [-0.39, 0.29) is 0 Å². The molecule has 1 saturated heterocycles. The van der Waals surface area contributed by atoms with Crippen LogP contribution in [-0.2, 0) is 0 Å². The molecule has 3 heteroatoms. The molecule has 0 atom stereocenters. The van der Waals surface area contributed by atoms with Gasteiger partial charge in [-0.2, -0.15) is 5.53 Å². The summed E-state index contributed by atoms with van der Waals surface area (Å²) in [4.78, 5) is 0. The number of hydrogen-bond acceptors (Lipinski definition) is 3. The average Bonchev–Trinajstić information content (AvgIpc) is 2.30. The molecule has 0 aliphatic carbocycles. The largest absolute Gasteiger partial charge is 0.244 e. The molecule has 1 heterocycles. The second-order valence-electron chi connectivity index (χ2n) is 4.80. The van der Waals surface area contributed by atoms with Gasteiger partial charge >= 0.3 is 0 Å². The fraction of sp³-hybridized carbons (Fsp3) is 1.00. The zero-order valence-electron chi connectivity index (χ0n) is 10.5. The molecule has 1 aliphatic rings. The highest BCUT2D eigenvalue weighted by atomic mass is 15.6. The van der Waals surface area contributed by atoms with Crippen molar-refractivity contribution in [2.24, 2.45) is 11.3 Å². The van der Waals surface area contributed by atoms with Crippen molar-refractivity contribution in [3.8, 4) is 0 Å². The summed E-state index contributed by atoms with van der Waals surface area (Å²) < 4.78 is 0. The van der Waals surface area contributed by atoms with Crippen LogP contribution >= 0.6 is 0 Å². The van der Waals surface area contributed by atoms with Crippen molar-refractivity contribution < 1.29 is 0 Å². The van der Waals surface area contributed by atoms with Gasteiger partial charge in [0, 0.05) is 13.1 Å². The van der Waals surface area contributed by atoms with Gasteiger partial charge < -0.3 is 0 Å². The Morgan fingerprint density at radius 3 is 1.93 bits per heavy atom. The summed E-state index contributed by atoms with van der Waals surface area (Å²) in [5.41, 5.74) is 10.0. The Morgan fingerprint density at radius 1 is 1.00 bits per heavy atom. The molecular formula is C12H27N3. The van der Waals surface area contributed by atoms with Crippen LogP contribution < -0.4 is 16.4 Å². The molecule has 1 aliphatic heterocycles. The van der Waals surface area contributed by atoms with Crippen LogP contribution in [0.25, 0.3) is 0 Å². The molecule has 0 spiro atoms. The summed E-state index contributed by atoms with van der Waals surface area (Å²) in [6.45, 7) is 9.17. The topological polar surface area (TPSA) is 36.1 Å². The lowest BCUT2D eigenvalue weighted by molar-refractivity contribution is 0.0840. The minimum absolute atomic E-state index is 0.547. The van der Waals surface area contributed by atoms with Crippen molar-refractivity contribution in [3.05, 3.63) is 0 Å². The Hall–Kier alpha value is -0.120. The van der Waals surface area contributed by atoms with Crippen molar-refractivity contribution in [2.45, 2.75) is 52.9 Å². The number of hydrogen-bond donors (Lipinski definition) is 3. The number of rotatable bonds is 6. The van der Waals surface area contributed by atoms with E-state index in [1.165, 1.54) is 32.1 Å². The summed E-state index contributed by atoms with van der Waals surface area (Å²) in [7, 11) is 0. The molecule has 1 rings (SSSR count). The lowest BCUT2D eigenvalue weighted by Crippen LogP contribution is -2.57. The van der Waals surface area contributed by atoms with Crippen molar-refractivity contribution in [3.63, 3.8) is 0 Å². The fourth-order valence-electron chi connectivity index (χ4n) is 3.09. The molecule has 3 N–H and O–H groups in total. The van der Waals surface area contributed by atoms with E-state index in [0.717, 1.165) is 19.0 Å². The van der Waals surface area contributed by atoms with E-state index in [2.05, 4.69) is 37.2 Å². The Balaban J connectivity index is 2.66. The second kappa shape index (κ2) is 6.46. The first-order valence-corrected chi connectivity index (χ1v) is 6.49. The first kappa shape index (κ1) is 12.9. The van der Waals surface area contributed by atoms with Crippen LogP contribution in [0.3, 0.4) is 0 Å². The van der Waals surface area contributed by atoms with Crippen molar-refractivity contribution in [1.82, 2.24) is 16.4 Å². The van der Waals surface area contributed by atoms with Crippen LogP contribution in [0.2, 0.25) is 0 Å². The molecule has 0 aromatic carbocycles. The van der Waals surface area contributed by atoms with E-state index in [1.54, 1.807) is 0 Å². The van der Waals surface area contributed by atoms with Crippen LogP contribution in [-0.4, -0.2) is 13.1 Å². The molecule has 0 radical (unpaired) electrons. The normalized spacial score (nSPS) is 19.4. The van der Waals surface area contributed by atoms with E-state index in [1.807, 2.05) is 0 Å². The predicted molar refractivity (Wildman–Crippen MR) is 65.2 cm³/mol. The van der Waals surface area contributed by atoms with Gasteiger partial charge in [-0.25, -0.2) is 10.9 Å². The van der Waals surface area contributed by atoms with E-state index >= 15 is 0 Å². The molecule has 0 amide bonds. The van der Waals surface area contributed by atoms with Gasteiger partial charge in [0.05, 0.1) is 0 Å². The zero-order valence-corrected chi connectivity index (χ0v) is 10.5. The second-order valence-corrected chi connectivity index (χ2v) is 4.80. The quantitative estimate of drug-likeness (QED) is 0.633. The third-order valence-corrected chi connectivity index (χ3v) is 3.94. The molecule has 15 heavy (non-hydrogen) atoms. The molecule has 0 saturated carbocycles. The highest BCUT2D eigenvalue weighted by Gasteiger charge is 2.36. The minimum atomic E-state index is 0.547. The third-order valence-electron chi connectivity index (χ3n) is 3.94. The van der Waals surface area contributed by atoms with Gasteiger partial charge in [-0.3, -0.25) is 0 Å². The maximum atomic E-state index is 3.23. The van der Waals surface area contributed by atoms with Gasteiger partial charge in [0.25, 0.3) is 0 Å². The van der Waals surface area contributed by atoms with Crippen molar-refractivity contribution in [2.75, 3.05) is 13.1 Å². The molecule has 3 nitrogen and oxygen atoms in total. The lowest BCUT2D eigenvalue weighted by Gasteiger charge is -2.43. The highest BCUT2D eigenvalue weighted by Crippen LogP contribution is 2.41. The Bertz CT molecular complexity index is 158. The fourth-order valence-corrected chi connectivity index (χ4v) is 3.09. The maximum Gasteiger partial charge on any atom is 0.0159 e. The van der Waals surface area contributed by atoms with Crippen LogP contribution in [0.5, 0.6) is 0 Å². The van der Waals surface area contributed by atoms with Gasteiger partial charge in [0.1, 0.15) is 0 Å². The first-order chi connectivity index (χ1) is 7.29. The van der Waals surface area contributed by atoms with E-state index in [9.17, 15) is 0 Å². The summed E-state index contributed by atoms with van der Waals surface area (Å²) in [6, 6.07) is 0. The summed E-state index contributed by atoms with van der Waals surface area (Å²) in [5.74, 6) is 0.767. The monoisotopic (exact) mass is 213 g/mol. The SMILES string of the molecule is CCCC(CC)(CCC)C1CNNNC1. The Kier molecular flexibility index (Phi) is 5.58. The van der Waals surface area contributed by atoms with Crippen molar-refractivity contribution >= 4 is 0 Å². The maximum absolute atomic E-state index is 3.23. The molecule has 0 aromatic rings. The van der Waals surface area contributed by atoms with Crippen LogP contribution in [0.15, 0.2) is 0 Å². The van der Waals surface area contributed by atoms with E-state index < -0.39 is 0 Å². The molecule has 1 fully saturated rings. The van der Waals surface area contributed by atoms with Gasteiger partial charge in [0.2, 0.25) is 0 Å². The minimum Gasteiger partial charge on any atom is -0.244 e. The van der Waals surface area contributed by atoms with Gasteiger partial charge in [0.15, 0.2) is 0 Å². The smallest absolute Gasteiger partial charge is 0.0159 e. The highest BCUT2D eigenvalue weighted by molar-refractivity contribution is 4.88. The van der Waals surface area contributed by atoms with Crippen LogP contribution in [0.1, 0.15) is 52.9 Å². The van der Waals surface area contributed by atoms with Crippen LogP contribution in [0, 0.1) is 11.3 Å². The average molecular weight is 213 g/mol. The van der Waals surface area contributed by atoms with Crippen molar-refractivity contribution in [1.29, 1.82) is 0 Å². The molecule has 90 valence electrons. The standard InChI is InChI=1S/C12H27N3/c1-4-7-12(6-3,8-5-2)11-9-13-15-14-10-11/h11,13-15H,4-10H2,1-3H3.